The van der Waals surface area contributed by atoms with Gasteiger partial charge in [0.2, 0.25) is 0 Å². The molecule has 0 saturated carbocycles. The minimum absolute atomic E-state index is 0.196. The van der Waals surface area contributed by atoms with Crippen molar-refractivity contribution in [3.05, 3.63) is 59.7 Å². The Morgan fingerprint density at radius 3 is 2.69 bits per heavy atom. The van der Waals surface area contributed by atoms with Crippen LogP contribution >= 0.6 is 0 Å². The van der Waals surface area contributed by atoms with Gasteiger partial charge in [-0.3, -0.25) is 14.8 Å². The lowest BCUT2D eigenvalue weighted by Crippen LogP contribution is -2.37. The maximum atomic E-state index is 14.3. The van der Waals surface area contributed by atoms with Crippen molar-refractivity contribution in [1.82, 2.24) is 15.0 Å². The third-order valence-corrected chi connectivity index (χ3v) is 5.70. The number of hydrogen-bond acceptors (Lipinski definition) is 7. The van der Waals surface area contributed by atoms with Gasteiger partial charge in [0.1, 0.15) is 5.67 Å². The third kappa shape index (κ3) is 5.74. The molecule has 0 spiro atoms. The van der Waals surface area contributed by atoms with Gasteiger partial charge in [0.15, 0.2) is 11.6 Å². The maximum Gasteiger partial charge on any atom is 0.255 e. The fourth-order valence-electron chi connectivity index (χ4n) is 3.82. The van der Waals surface area contributed by atoms with Crippen molar-refractivity contribution in [2.75, 3.05) is 43.1 Å². The van der Waals surface area contributed by atoms with Crippen molar-refractivity contribution >= 4 is 17.4 Å². The molecule has 1 aliphatic rings. The van der Waals surface area contributed by atoms with Crippen molar-refractivity contribution in [2.45, 2.75) is 33.4 Å². The summed E-state index contributed by atoms with van der Waals surface area (Å²) in [6, 6.07) is 8.66. The van der Waals surface area contributed by atoms with Gasteiger partial charge in [-0.2, -0.15) is 0 Å². The molecule has 0 bridgehead atoms. The van der Waals surface area contributed by atoms with E-state index in [1.807, 2.05) is 32.0 Å². The maximum absolute atomic E-state index is 14.3. The minimum atomic E-state index is -1.65. The molecule has 1 amide bonds. The molecule has 8 nitrogen and oxygen atoms in total. The molecule has 0 radical (unpaired) electrons. The molecule has 9 heteroatoms. The average Bonchev–Trinajstić information content (AvgIpc) is 2.86. The number of aromatic nitrogens is 3. The molecule has 0 aromatic carbocycles. The van der Waals surface area contributed by atoms with Crippen LogP contribution in [0.1, 0.15) is 42.5 Å². The Bertz CT molecular complexity index is 1210. The van der Waals surface area contributed by atoms with Gasteiger partial charge in [0.05, 0.1) is 43.1 Å². The number of nitrogens with zero attached hydrogens (tertiary/aromatic N) is 4. The van der Waals surface area contributed by atoms with Gasteiger partial charge in [0.25, 0.3) is 5.91 Å². The Kier molecular flexibility index (Phi) is 7.25. The van der Waals surface area contributed by atoms with Crippen LogP contribution in [-0.4, -0.2) is 53.8 Å². The number of halogens is 1. The molecule has 35 heavy (non-hydrogen) atoms. The molecule has 184 valence electrons. The molecule has 1 aliphatic heterocycles. The highest BCUT2D eigenvalue weighted by Gasteiger charge is 2.22. The Morgan fingerprint density at radius 1 is 1.20 bits per heavy atom. The molecule has 0 atom stereocenters. The summed E-state index contributed by atoms with van der Waals surface area (Å²) in [5, 5.41) is 2.85. The van der Waals surface area contributed by atoms with E-state index in [-0.39, 0.29) is 11.6 Å². The third-order valence-electron chi connectivity index (χ3n) is 5.70. The summed E-state index contributed by atoms with van der Waals surface area (Å²) < 4.78 is 25.6. The fraction of sp³-hybridized carbons (Fsp3) is 0.385. The van der Waals surface area contributed by atoms with Crippen LogP contribution in [0.15, 0.2) is 42.7 Å². The predicted octanol–water partition coefficient (Wildman–Crippen LogP) is 4.54. The Morgan fingerprint density at radius 2 is 1.97 bits per heavy atom. The van der Waals surface area contributed by atoms with Crippen LogP contribution < -0.4 is 15.0 Å². The van der Waals surface area contributed by atoms with Gasteiger partial charge >= 0.3 is 0 Å². The largest absolute Gasteiger partial charge is 0.490 e. The Hall–Kier alpha value is -3.59. The highest BCUT2D eigenvalue weighted by Crippen LogP contribution is 2.32. The van der Waals surface area contributed by atoms with Crippen LogP contribution in [-0.2, 0) is 10.4 Å². The molecular formula is C26H30FN5O3. The lowest BCUT2D eigenvalue weighted by molar-refractivity contribution is 0.102. The smallest absolute Gasteiger partial charge is 0.255 e. The summed E-state index contributed by atoms with van der Waals surface area (Å²) in [4.78, 5) is 28.4. The first kappa shape index (κ1) is 24.5. The van der Waals surface area contributed by atoms with E-state index in [4.69, 9.17) is 14.5 Å². The summed E-state index contributed by atoms with van der Waals surface area (Å²) in [5.74, 6) is 1.11. The van der Waals surface area contributed by atoms with Crippen LogP contribution in [0.5, 0.6) is 5.75 Å². The number of carbonyl (C=O) groups excluding carboxylic acids is 1. The number of rotatable bonds is 7. The number of hydrogen-bond donors (Lipinski definition) is 1. The van der Waals surface area contributed by atoms with Gasteiger partial charge in [-0.05, 0) is 58.0 Å². The van der Waals surface area contributed by atoms with Crippen molar-refractivity contribution in [3.8, 4) is 17.0 Å². The van der Waals surface area contributed by atoms with Crippen LogP contribution in [0, 0.1) is 6.92 Å². The van der Waals surface area contributed by atoms with Crippen LogP contribution in [0.25, 0.3) is 11.3 Å². The zero-order chi connectivity index (χ0) is 25.0. The van der Waals surface area contributed by atoms with E-state index in [1.54, 1.807) is 12.3 Å². The quantitative estimate of drug-likeness (QED) is 0.532. The number of morpholine rings is 1. The molecule has 1 saturated heterocycles. The number of carbonyl (C=O) groups is 1. The minimum Gasteiger partial charge on any atom is -0.490 e. The van der Waals surface area contributed by atoms with E-state index in [1.165, 1.54) is 26.1 Å². The van der Waals surface area contributed by atoms with Gasteiger partial charge < -0.3 is 19.7 Å². The van der Waals surface area contributed by atoms with Crippen LogP contribution in [0.2, 0.25) is 0 Å². The SMILES string of the molecule is CCOc1ccc(-c2cc(NC(=O)c3ccnc(C(C)(C)F)c3)cnc2C)nc1N1CCOCC1. The highest BCUT2D eigenvalue weighted by atomic mass is 19.1. The molecule has 4 rings (SSSR count). The number of nitrogens with one attached hydrogen (secondary N) is 1. The van der Waals surface area contributed by atoms with Crippen molar-refractivity contribution < 1.29 is 18.7 Å². The Balaban J connectivity index is 1.63. The summed E-state index contributed by atoms with van der Waals surface area (Å²) in [6.07, 6.45) is 3.02. The number of ether oxygens (including phenoxy) is 2. The van der Waals surface area contributed by atoms with E-state index >= 15 is 0 Å². The van der Waals surface area contributed by atoms with Crippen molar-refractivity contribution in [2.24, 2.45) is 0 Å². The van der Waals surface area contributed by atoms with Crippen molar-refractivity contribution in [3.63, 3.8) is 0 Å². The van der Waals surface area contributed by atoms with Crippen molar-refractivity contribution in [1.29, 1.82) is 0 Å². The predicted molar refractivity (Wildman–Crippen MR) is 133 cm³/mol. The van der Waals surface area contributed by atoms with Crippen LogP contribution in [0.3, 0.4) is 0 Å². The average molecular weight is 480 g/mol. The van der Waals surface area contributed by atoms with Gasteiger partial charge in [-0.15, -0.1) is 0 Å². The first-order valence-electron chi connectivity index (χ1n) is 11.7. The normalized spacial score (nSPS) is 14.0. The molecule has 1 N–H and O–H groups in total. The van der Waals surface area contributed by atoms with E-state index in [2.05, 4.69) is 20.2 Å². The molecule has 0 aliphatic carbocycles. The number of anilines is 2. The first-order valence-corrected chi connectivity index (χ1v) is 11.7. The first-order chi connectivity index (χ1) is 16.8. The summed E-state index contributed by atoms with van der Waals surface area (Å²) >= 11 is 0. The zero-order valence-electron chi connectivity index (χ0n) is 20.5. The molecule has 3 aromatic heterocycles. The van der Waals surface area contributed by atoms with Crippen LogP contribution in [0.4, 0.5) is 15.9 Å². The molecule has 3 aromatic rings. The number of alkyl halides is 1. The molecule has 0 unspecified atom stereocenters. The second-order valence-corrected chi connectivity index (χ2v) is 8.76. The lowest BCUT2D eigenvalue weighted by atomic mass is 10.0. The molecule has 4 heterocycles. The lowest BCUT2D eigenvalue weighted by Gasteiger charge is -2.29. The number of aryl methyl sites for hydroxylation is 1. The fourth-order valence-corrected chi connectivity index (χ4v) is 3.82. The topological polar surface area (TPSA) is 89.5 Å². The Labute approximate surface area is 204 Å². The molecule has 1 fully saturated rings. The number of amides is 1. The van der Waals surface area contributed by atoms with Gasteiger partial charge in [-0.1, -0.05) is 0 Å². The van der Waals surface area contributed by atoms with Gasteiger partial charge in [-0.25, -0.2) is 9.37 Å². The van der Waals surface area contributed by atoms with E-state index in [0.29, 0.717) is 31.1 Å². The van der Waals surface area contributed by atoms with Gasteiger partial charge in [0, 0.05) is 36.1 Å². The van der Waals surface area contributed by atoms with E-state index in [0.717, 1.165) is 41.6 Å². The summed E-state index contributed by atoms with van der Waals surface area (Å²) in [7, 11) is 0. The standard InChI is InChI=1S/C26H30FN5O3/c1-5-35-22-7-6-21(31-24(22)32-10-12-34-13-11-32)20-15-19(16-29-17(20)2)30-25(33)18-8-9-28-23(14-18)26(3,4)27/h6-9,14-16H,5,10-13H2,1-4H3,(H,30,33). The van der Waals surface area contributed by atoms with E-state index < -0.39 is 5.67 Å². The highest BCUT2D eigenvalue weighted by molar-refractivity contribution is 6.04. The number of pyridine rings is 3. The summed E-state index contributed by atoms with van der Waals surface area (Å²) in [5.41, 5.74) is 1.67. The summed E-state index contributed by atoms with van der Waals surface area (Å²) in [6.45, 7) is 9.91. The monoisotopic (exact) mass is 479 g/mol. The zero-order valence-corrected chi connectivity index (χ0v) is 20.5. The second-order valence-electron chi connectivity index (χ2n) is 8.76. The van der Waals surface area contributed by atoms with E-state index in [9.17, 15) is 9.18 Å². The molecular weight excluding hydrogens is 449 g/mol. The second kappa shape index (κ2) is 10.4.